The summed E-state index contributed by atoms with van der Waals surface area (Å²) < 4.78 is 16.9. The molecule has 1 fully saturated rings. The van der Waals surface area contributed by atoms with Crippen molar-refractivity contribution in [1.29, 1.82) is 0 Å². The predicted molar refractivity (Wildman–Crippen MR) is 107 cm³/mol. The fourth-order valence-electron chi connectivity index (χ4n) is 3.54. The van der Waals surface area contributed by atoms with Crippen LogP contribution in [0.1, 0.15) is 40.5 Å². The molecule has 1 aromatic rings. The summed E-state index contributed by atoms with van der Waals surface area (Å²) in [5, 5.41) is 10.5. The molecular weight excluding hydrogens is 380 g/mol. The van der Waals surface area contributed by atoms with Crippen molar-refractivity contribution < 1.29 is 28.9 Å². The van der Waals surface area contributed by atoms with Gasteiger partial charge in [0, 0.05) is 18.2 Å². The van der Waals surface area contributed by atoms with Gasteiger partial charge < -0.3 is 19.3 Å². The van der Waals surface area contributed by atoms with Crippen LogP contribution in [0.2, 0.25) is 0 Å². The number of rotatable bonds is 7. The molecule has 1 N–H and O–H groups in total. The molecule has 2 rings (SSSR count). The third kappa shape index (κ3) is 5.07. The number of carbonyl (C=O) groups excluding carboxylic acids is 2. The van der Waals surface area contributed by atoms with E-state index in [0.29, 0.717) is 12.8 Å². The van der Waals surface area contributed by atoms with Crippen LogP contribution in [0, 0.1) is 11.8 Å². The number of benzene rings is 1. The molecule has 1 aliphatic heterocycles. The van der Waals surface area contributed by atoms with Crippen molar-refractivity contribution in [2.75, 3.05) is 7.11 Å². The van der Waals surface area contributed by atoms with Crippen LogP contribution >= 0.6 is 11.8 Å². The molecule has 6 atom stereocenters. The van der Waals surface area contributed by atoms with Gasteiger partial charge in [0.2, 0.25) is 4.93 Å². The fraction of sp³-hybridized carbons (Fsp3) is 0.619. The van der Waals surface area contributed by atoms with Crippen molar-refractivity contribution in [3.63, 3.8) is 0 Å². The summed E-state index contributed by atoms with van der Waals surface area (Å²) in [6.07, 6.45) is -1.54. The van der Waals surface area contributed by atoms with Gasteiger partial charge in [0.25, 0.3) is 0 Å². The van der Waals surface area contributed by atoms with Gasteiger partial charge in [-0.1, -0.05) is 50.7 Å². The summed E-state index contributed by atoms with van der Waals surface area (Å²) in [7, 11) is 1.33. The molecule has 0 amide bonds. The van der Waals surface area contributed by atoms with Gasteiger partial charge in [0.1, 0.15) is 6.10 Å². The van der Waals surface area contributed by atoms with Gasteiger partial charge in [-0.05, 0) is 30.4 Å². The van der Waals surface area contributed by atoms with Crippen LogP contribution in [-0.4, -0.2) is 47.4 Å². The fourth-order valence-corrected chi connectivity index (χ4v) is 4.88. The lowest BCUT2D eigenvalue weighted by atomic mass is 9.80. The zero-order chi connectivity index (χ0) is 20.9. The van der Waals surface area contributed by atoms with E-state index in [-0.39, 0.29) is 11.8 Å². The first kappa shape index (κ1) is 22.7. The lowest BCUT2D eigenvalue weighted by Gasteiger charge is -2.47. The molecule has 0 radical (unpaired) electrons. The van der Waals surface area contributed by atoms with Crippen molar-refractivity contribution in [2.45, 2.75) is 68.7 Å². The summed E-state index contributed by atoms with van der Waals surface area (Å²) >= 11 is 1.29. The largest absolute Gasteiger partial charge is 0.466 e. The Balaban J connectivity index is 2.43. The van der Waals surface area contributed by atoms with Gasteiger partial charge in [0.05, 0.1) is 13.2 Å². The van der Waals surface area contributed by atoms with Gasteiger partial charge in [-0.15, -0.1) is 0 Å². The summed E-state index contributed by atoms with van der Waals surface area (Å²) in [4.78, 5) is 24.1. The van der Waals surface area contributed by atoms with Crippen LogP contribution < -0.4 is 0 Å². The second kappa shape index (κ2) is 9.76. The molecule has 0 spiro atoms. The average Bonchev–Trinajstić information content (AvgIpc) is 2.68. The molecule has 2 unspecified atom stereocenters. The van der Waals surface area contributed by atoms with E-state index in [0.717, 1.165) is 4.90 Å². The van der Waals surface area contributed by atoms with E-state index in [1.54, 1.807) is 0 Å². The molecule has 1 saturated heterocycles. The molecular formula is C21H30O6S. The number of aliphatic hydroxyl groups is 1. The molecule has 0 aromatic heterocycles. The third-order valence-electron chi connectivity index (χ3n) is 5.28. The zero-order valence-electron chi connectivity index (χ0n) is 17.1. The maximum absolute atomic E-state index is 12.8. The standard InChI is InChI=1S/C21H30O6S/c1-6-17(23)19(26-15(4)22)18-14(3)13(2)12-21(27-18,20(24)25-5)28-16-10-8-7-9-11-16/h7-11,13-14,17-19,23H,6,12H2,1-5H3/t13-,14-,17-,18?,19-,21?/m1/s1. The van der Waals surface area contributed by atoms with E-state index in [4.69, 9.17) is 14.2 Å². The van der Waals surface area contributed by atoms with Crippen molar-refractivity contribution in [3.8, 4) is 0 Å². The first-order chi connectivity index (χ1) is 13.2. The van der Waals surface area contributed by atoms with E-state index < -0.39 is 35.2 Å². The Morgan fingerprint density at radius 2 is 1.96 bits per heavy atom. The summed E-state index contributed by atoms with van der Waals surface area (Å²) in [5.41, 5.74) is 0. The average molecular weight is 411 g/mol. The number of methoxy groups -OCH3 is 1. The van der Waals surface area contributed by atoms with E-state index in [9.17, 15) is 14.7 Å². The van der Waals surface area contributed by atoms with Gasteiger partial charge in [-0.3, -0.25) is 4.79 Å². The van der Waals surface area contributed by atoms with Crippen molar-refractivity contribution in [1.82, 2.24) is 0 Å². The van der Waals surface area contributed by atoms with Crippen molar-refractivity contribution >= 4 is 23.7 Å². The van der Waals surface area contributed by atoms with Crippen molar-refractivity contribution in [2.24, 2.45) is 11.8 Å². The summed E-state index contributed by atoms with van der Waals surface area (Å²) in [6.45, 7) is 7.14. The monoisotopic (exact) mass is 410 g/mol. The lowest BCUT2D eigenvalue weighted by Crippen LogP contribution is -2.57. The Labute approximate surface area is 170 Å². The van der Waals surface area contributed by atoms with Gasteiger partial charge in [-0.25, -0.2) is 4.79 Å². The Morgan fingerprint density at radius 3 is 2.50 bits per heavy atom. The molecule has 6 nitrogen and oxygen atoms in total. The van der Waals surface area contributed by atoms with Crippen LogP contribution in [0.4, 0.5) is 0 Å². The number of hydrogen-bond acceptors (Lipinski definition) is 7. The molecule has 0 saturated carbocycles. The highest BCUT2D eigenvalue weighted by Crippen LogP contribution is 2.48. The zero-order valence-corrected chi connectivity index (χ0v) is 17.9. The van der Waals surface area contributed by atoms with E-state index in [2.05, 4.69) is 0 Å². The number of carbonyl (C=O) groups is 2. The summed E-state index contributed by atoms with van der Waals surface area (Å²) in [6, 6.07) is 9.49. The second-order valence-corrected chi connectivity index (χ2v) is 8.67. The molecule has 1 aromatic carbocycles. The minimum atomic E-state index is -1.28. The normalized spacial score (nSPS) is 29.6. The molecule has 1 aliphatic rings. The Kier molecular flexibility index (Phi) is 7.92. The van der Waals surface area contributed by atoms with Gasteiger partial charge in [0.15, 0.2) is 6.10 Å². The Bertz CT molecular complexity index is 666. The molecule has 0 aliphatic carbocycles. The summed E-state index contributed by atoms with van der Waals surface area (Å²) in [5.74, 6) is -0.931. The van der Waals surface area contributed by atoms with Crippen molar-refractivity contribution in [3.05, 3.63) is 30.3 Å². The minimum Gasteiger partial charge on any atom is -0.466 e. The van der Waals surface area contributed by atoms with E-state index in [1.165, 1.54) is 25.8 Å². The minimum absolute atomic E-state index is 0.0281. The first-order valence-corrected chi connectivity index (χ1v) is 10.4. The Hall–Kier alpha value is -1.57. The lowest BCUT2D eigenvalue weighted by molar-refractivity contribution is -0.211. The highest BCUT2D eigenvalue weighted by Gasteiger charge is 2.54. The first-order valence-electron chi connectivity index (χ1n) is 9.59. The van der Waals surface area contributed by atoms with E-state index >= 15 is 0 Å². The van der Waals surface area contributed by atoms with Crippen LogP contribution in [0.15, 0.2) is 35.2 Å². The number of thioether (sulfide) groups is 1. The smallest absolute Gasteiger partial charge is 0.349 e. The highest BCUT2D eigenvalue weighted by molar-refractivity contribution is 8.01. The predicted octanol–water partition coefficient (Wildman–Crippen LogP) is 3.41. The number of esters is 2. The van der Waals surface area contributed by atoms with Crippen LogP contribution in [0.5, 0.6) is 0 Å². The number of ether oxygens (including phenoxy) is 3. The quantitative estimate of drug-likeness (QED) is 0.690. The molecule has 156 valence electrons. The maximum Gasteiger partial charge on any atom is 0.349 e. The molecule has 28 heavy (non-hydrogen) atoms. The Morgan fingerprint density at radius 1 is 1.32 bits per heavy atom. The topological polar surface area (TPSA) is 82.1 Å². The molecule has 0 bridgehead atoms. The van der Waals surface area contributed by atoms with E-state index in [1.807, 2.05) is 51.1 Å². The van der Waals surface area contributed by atoms with Crippen LogP contribution in [0.3, 0.4) is 0 Å². The van der Waals surface area contributed by atoms with Gasteiger partial charge >= 0.3 is 11.9 Å². The van der Waals surface area contributed by atoms with Crippen LogP contribution in [0.25, 0.3) is 0 Å². The number of hydrogen-bond donors (Lipinski definition) is 1. The maximum atomic E-state index is 12.8. The second-order valence-electron chi connectivity index (χ2n) is 7.33. The SMILES string of the molecule is CC[C@@H](O)[C@@H](OC(C)=O)C1OC(Sc2ccccc2)(C(=O)OC)C[C@@H](C)[C@H]1C. The third-order valence-corrected chi connectivity index (χ3v) is 6.55. The van der Waals surface area contributed by atoms with Crippen LogP contribution in [-0.2, 0) is 23.8 Å². The highest BCUT2D eigenvalue weighted by atomic mass is 32.2. The molecule has 7 heteroatoms. The van der Waals surface area contributed by atoms with Gasteiger partial charge in [-0.2, -0.15) is 0 Å². The molecule has 1 heterocycles. The number of aliphatic hydroxyl groups excluding tert-OH is 1.